The second-order valence-electron chi connectivity index (χ2n) is 5.02. The lowest BCUT2D eigenvalue weighted by atomic mass is 10.0. The molecule has 1 aromatic carbocycles. The van der Waals surface area contributed by atoms with E-state index in [9.17, 15) is 0 Å². The number of hydrogen-bond acceptors (Lipinski definition) is 2. The van der Waals surface area contributed by atoms with Crippen molar-refractivity contribution >= 4 is 0 Å². The van der Waals surface area contributed by atoms with E-state index in [4.69, 9.17) is 0 Å². The third kappa shape index (κ3) is 4.43. The van der Waals surface area contributed by atoms with Crippen molar-refractivity contribution in [3.8, 4) is 0 Å². The van der Waals surface area contributed by atoms with Crippen molar-refractivity contribution in [3.05, 3.63) is 34.9 Å². The Morgan fingerprint density at radius 3 is 2.00 bits per heavy atom. The minimum Gasteiger partial charge on any atom is -0.309 e. The molecule has 0 bridgehead atoms. The van der Waals surface area contributed by atoms with Crippen LogP contribution in [0.5, 0.6) is 0 Å². The van der Waals surface area contributed by atoms with Crippen LogP contribution in [0.25, 0.3) is 0 Å². The van der Waals surface area contributed by atoms with Crippen LogP contribution in [-0.4, -0.2) is 31.1 Å². The van der Waals surface area contributed by atoms with Crippen molar-refractivity contribution < 1.29 is 0 Å². The minimum absolute atomic E-state index is 0.438. The Labute approximate surface area is 112 Å². The van der Waals surface area contributed by atoms with Gasteiger partial charge >= 0.3 is 0 Å². The molecule has 0 saturated heterocycles. The highest BCUT2D eigenvalue weighted by atomic mass is 15.1. The Morgan fingerprint density at radius 2 is 1.56 bits per heavy atom. The average Bonchev–Trinajstić information content (AvgIpc) is 2.33. The molecule has 0 aliphatic heterocycles. The summed E-state index contributed by atoms with van der Waals surface area (Å²) in [5.41, 5.74) is 4.13. The zero-order valence-electron chi connectivity index (χ0n) is 12.6. The van der Waals surface area contributed by atoms with Gasteiger partial charge in [0.1, 0.15) is 0 Å². The largest absolute Gasteiger partial charge is 0.309 e. The maximum atomic E-state index is 3.61. The van der Waals surface area contributed by atoms with Crippen LogP contribution in [0.4, 0.5) is 0 Å². The molecule has 102 valence electrons. The highest BCUT2D eigenvalue weighted by molar-refractivity contribution is 5.30. The van der Waals surface area contributed by atoms with E-state index in [2.05, 4.69) is 63.0 Å². The smallest absolute Gasteiger partial charge is 0.0449 e. The maximum absolute atomic E-state index is 3.61. The Morgan fingerprint density at radius 1 is 1.00 bits per heavy atom. The fourth-order valence-corrected chi connectivity index (χ4v) is 2.49. The molecule has 0 aromatic heterocycles. The SMILES string of the molecule is CCNC(CN(CC)CC)c1cc(C)cc(C)c1. The summed E-state index contributed by atoms with van der Waals surface area (Å²) in [4.78, 5) is 2.48. The Balaban J connectivity index is 2.88. The lowest BCUT2D eigenvalue weighted by Gasteiger charge is -2.26. The number of rotatable bonds is 7. The van der Waals surface area contributed by atoms with E-state index in [-0.39, 0.29) is 0 Å². The molecule has 0 aliphatic rings. The van der Waals surface area contributed by atoms with Gasteiger partial charge < -0.3 is 10.2 Å². The number of benzene rings is 1. The summed E-state index contributed by atoms with van der Waals surface area (Å²) in [5, 5.41) is 3.61. The summed E-state index contributed by atoms with van der Waals surface area (Å²) in [6.07, 6.45) is 0. The number of aryl methyl sites for hydroxylation is 2. The van der Waals surface area contributed by atoms with Crippen molar-refractivity contribution in [3.63, 3.8) is 0 Å². The van der Waals surface area contributed by atoms with Crippen molar-refractivity contribution in [2.24, 2.45) is 0 Å². The molecule has 0 aliphatic carbocycles. The molecule has 0 radical (unpaired) electrons. The van der Waals surface area contributed by atoms with Crippen molar-refractivity contribution in [2.45, 2.75) is 40.7 Å². The number of nitrogens with zero attached hydrogens (tertiary/aromatic N) is 1. The number of hydrogen-bond donors (Lipinski definition) is 1. The molecule has 2 heteroatoms. The van der Waals surface area contributed by atoms with Crippen LogP contribution in [0, 0.1) is 13.8 Å². The van der Waals surface area contributed by atoms with Gasteiger partial charge in [0.05, 0.1) is 0 Å². The average molecular weight is 248 g/mol. The van der Waals surface area contributed by atoms with Crippen LogP contribution in [0.3, 0.4) is 0 Å². The van der Waals surface area contributed by atoms with Gasteiger partial charge in [-0.25, -0.2) is 0 Å². The van der Waals surface area contributed by atoms with Gasteiger partial charge in [-0.2, -0.15) is 0 Å². The third-order valence-electron chi connectivity index (χ3n) is 3.43. The molecule has 0 saturated carbocycles. The van der Waals surface area contributed by atoms with E-state index in [1.165, 1.54) is 16.7 Å². The first-order valence-electron chi connectivity index (χ1n) is 7.14. The molecule has 0 fully saturated rings. The van der Waals surface area contributed by atoms with E-state index in [1.54, 1.807) is 0 Å². The van der Waals surface area contributed by atoms with Crippen LogP contribution in [0.15, 0.2) is 18.2 Å². The van der Waals surface area contributed by atoms with E-state index in [0.717, 1.165) is 26.2 Å². The highest BCUT2D eigenvalue weighted by Crippen LogP contribution is 2.18. The van der Waals surface area contributed by atoms with E-state index >= 15 is 0 Å². The molecule has 0 amide bonds. The second kappa shape index (κ2) is 7.55. The van der Waals surface area contributed by atoms with Crippen molar-refractivity contribution in [2.75, 3.05) is 26.2 Å². The first-order chi connectivity index (χ1) is 8.60. The summed E-state index contributed by atoms with van der Waals surface area (Å²) in [5.74, 6) is 0. The zero-order chi connectivity index (χ0) is 13.5. The molecular formula is C16H28N2. The molecule has 1 N–H and O–H groups in total. The Hall–Kier alpha value is -0.860. The fourth-order valence-electron chi connectivity index (χ4n) is 2.49. The van der Waals surface area contributed by atoms with Crippen molar-refractivity contribution in [1.29, 1.82) is 0 Å². The molecule has 1 rings (SSSR count). The quantitative estimate of drug-likeness (QED) is 0.796. The Kier molecular flexibility index (Phi) is 6.37. The predicted molar refractivity (Wildman–Crippen MR) is 80.1 cm³/mol. The van der Waals surface area contributed by atoms with Crippen LogP contribution in [0.1, 0.15) is 43.5 Å². The summed E-state index contributed by atoms with van der Waals surface area (Å²) < 4.78 is 0. The van der Waals surface area contributed by atoms with E-state index in [0.29, 0.717) is 6.04 Å². The predicted octanol–water partition coefficient (Wildman–Crippen LogP) is 3.30. The molecule has 1 aromatic rings. The highest BCUT2D eigenvalue weighted by Gasteiger charge is 2.14. The molecule has 0 spiro atoms. The van der Waals surface area contributed by atoms with Gasteiger partial charge in [0.25, 0.3) is 0 Å². The van der Waals surface area contributed by atoms with Gasteiger partial charge in [0, 0.05) is 12.6 Å². The standard InChI is InChI=1S/C16H28N2/c1-6-17-16(12-18(7-2)8-3)15-10-13(4)9-14(5)11-15/h9-11,16-17H,6-8,12H2,1-5H3. The van der Waals surface area contributed by atoms with Crippen LogP contribution >= 0.6 is 0 Å². The topological polar surface area (TPSA) is 15.3 Å². The van der Waals surface area contributed by atoms with Crippen LogP contribution in [-0.2, 0) is 0 Å². The van der Waals surface area contributed by atoms with E-state index in [1.807, 2.05) is 0 Å². The number of likely N-dealkylation sites (N-methyl/N-ethyl adjacent to an activating group) is 2. The van der Waals surface area contributed by atoms with E-state index < -0.39 is 0 Å². The summed E-state index contributed by atoms with van der Waals surface area (Å²) in [7, 11) is 0. The van der Waals surface area contributed by atoms with Gasteiger partial charge in [-0.3, -0.25) is 0 Å². The van der Waals surface area contributed by atoms with Gasteiger partial charge in [-0.15, -0.1) is 0 Å². The summed E-state index contributed by atoms with van der Waals surface area (Å²) in [6.45, 7) is 15.3. The second-order valence-corrected chi connectivity index (χ2v) is 5.02. The molecule has 0 heterocycles. The first-order valence-corrected chi connectivity index (χ1v) is 7.14. The fraction of sp³-hybridized carbons (Fsp3) is 0.625. The van der Waals surface area contributed by atoms with Gasteiger partial charge in [0.15, 0.2) is 0 Å². The van der Waals surface area contributed by atoms with Crippen LogP contribution < -0.4 is 5.32 Å². The summed E-state index contributed by atoms with van der Waals surface area (Å²) in [6, 6.07) is 7.30. The van der Waals surface area contributed by atoms with Gasteiger partial charge in [0.2, 0.25) is 0 Å². The molecule has 2 nitrogen and oxygen atoms in total. The lowest BCUT2D eigenvalue weighted by Crippen LogP contribution is -2.35. The van der Waals surface area contributed by atoms with Gasteiger partial charge in [-0.05, 0) is 39.0 Å². The Bertz CT molecular complexity index is 336. The molecule has 1 unspecified atom stereocenters. The zero-order valence-corrected chi connectivity index (χ0v) is 12.6. The first kappa shape index (κ1) is 15.2. The summed E-state index contributed by atoms with van der Waals surface area (Å²) >= 11 is 0. The van der Waals surface area contributed by atoms with Gasteiger partial charge in [-0.1, -0.05) is 50.1 Å². The normalized spacial score (nSPS) is 13.0. The number of nitrogens with one attached hydrogen (secondary N) is 1. The monoisotopic (exact) mass is 248 g/mol. The minimum atomic E-state index is 0.438. The third-order valence-corrected chi connectivity index (χ3v) is 3.43. The van der Waals surface area contributed by atoms with Crippen LogP contribution in [0.2, 0.25) is 0 Å². The molecular weight excluding hydrogens is 220 g/mol. The molecule has 1 atom stereocenters. The maximum Gasteiger partial charge on any atom is 0.0449 e. The lowest BCUT2D eigenvalue weighted by molar-refractivity contribution is 0.267. The van der Waals surface area contributed by atoms with Crippen molar-refractivity contribution in [1.82, 2.24) is 10.2 Å². The molecule has 18 heavy (non-hydrogen) atoms.